The molecule has 0 aliphatic heterocycles. The molecule has 0 atom stereocenters. The third-order valence-electron chi connectivity index (χ3n) is 3.54. The van der Waals surface area contributed by atoms with Crippen molar-refractivity contribution in [1.82, 2.24) is 15.0 Å². The fourth-order valence-electron chi connectivity index (χ4n) is 2.61. The van der Waals surface area contributed by atoms with E-state index in [0.717, 1.165) is 11.3 Å². The zero-order valence-electron chi connectivity index (χ0n) is 13.3. The van der Waals surface area contributed by atoms with Crippen molar-refractivity contribution >= 4 is 23.1 Å². The van der Waals surface area contributed by atoms with E-state index in [1.807, 2.05) is 12.1 Å². The van der Waals surface area contributed by atoms with Gasteiger partial charge in [-0.15, -0.1) is 0 Å². The molecule has 0 aliphatic rings. The third-order valence-corrected chi connectivity index (χ3v) is 3.74. The van der Waals surface area contributed by atoms with Crippen molar-refractivity contribution in [2.24, 2.45) is 0 Å². The van der Waals surface area contributed by atoms with E-state index in [0.29, 0.717) is 16.8 Å². The second kappa shape index (κ2) is 6.34. The second-order valence-corrected chi connectivity index (χ2v) is 5.93. The molecule has 5 heteroatoms. The van der Waals surface area contributed by atoms with Crippen molar-refractivity contribution < 1.29 is 0 Å². The normalized spacial score (nSPS) is 10.6. The molecule has 0 radical (unpaired) electrons. The molecule has 0 bridgehead atoms. The molecule has 4 nitrogen and oxygen atoms in total. The highest BCUT2D eigenvalue weighted by atomic mass is 35.5. The van der Waals surface area contributed by atoms with Crippen LogP contribution in [-0.2, 0) is 0 Å². The first-order chi connectivity index (χ1) is 11.0. The first kappa shape index (κ1) is 15.4. The van der Waals surface area contributed by atoms with Gasteiger partial charge >= 0.3 is 0 Å². The van der Waals surface area contributed by atoms with Gasteiger partial charge in [-0.05, 0) is 44.0 Å². The van der Waals surface area contributed by atoms with Crippen molar-refractivity contribution in [2.75, 3.05) is 5.32 Å². The van der Waals surface area contributed by atoms with Gasteiger partial charge in [0.15, 0.2) is 5.82 Å². The quantitative estimate of drug-likeness (QED) is 0.699. The molecule has 0 unspecified atom stereocenters. The molecule has 0 saturated heterocycles. The van der Waals surface area contributed by atoms with Crippen LogP contribution in [0.5, 0.6) is 0 Å². The number of aromatic nitrogens is 3. The number of pyridine rings is 1. The van der Waals surface area contributed by atoms with E-state index >= 15 is 0 Å². The van der Waals surface area contributed by atoms with Crippen molar-refractivity contribution in [1.29, 1.82) is 0 Å². The van der Waals surface area contributed by atoms with E-state index in [1.165, 1.54) is 16.7 Å². The summed E-state index contributed by atoms with van der Waals surface area (Å²) in [7, 11) is 0. The monoisotopic (exact) mass is 324 g/mol. The van der Waals surface area contributed by atoms with Gasteiger partial charge in [0.05, 0.1) is 0 Å². The van der Waals surface area contributed by atoms with Crippen LogP contribution >= 0.6 is 11.6 Å². The van der Waals surface area contributed by atoms with Crippen LogP contribution in [0.3, 0.4) is 0 Å². The summed E-state index contributed by atoms with van der Waals surface area (Å²) in [6.07, 6.45) is 3.43. The van der Waals surface area contributed by atoms with E-state index in [9.17, 15) is 0 Å². The van der Waals surface area contributed by atoms with Crippen molar-refractivity contribution in [3.8, 4) is 11.4 Å². The number of rotatable bonds is 3. The van der Waals surface area contributed by atoms with E-state index < -0.39 is 0 Å². The highest BCUT2D eigenvalue weighted by Gasteiger charge is 2.09. The zero-order valence-corrected chi connectivity index (χ0v) is 14.0. The lowest BCUT2D eigenvalue weighted by Gasteiger charge is -2.14. The van der Waals surface area contributed by atoms with Crippen LogP contribution < -0.4 is 5.32 Å². The Morgan fingerprint density at radius 2 is 1.74 bits per heavy atom. The summed E-state index contributed by atoms with van der Waals surface area (Å²) in [4.78, 5) is 12.9. The molecule has 116 valence electrons. The number of nitrogens with zero attached hydrogens (tertiary/aromatic N) is 3. The minimum atomic E-state index is 0.392. The lowest BCUT2D eigenvalue weighted by atomic mass is 10.1. The number of aryl methyl sites for hydroxylation is 3. The Kier molecular flexibility index (Phi) is 4.26. The summed E-state index contributed by atoms with van der Waals surface area (Å²) in [6.45, 7) is 6.24. The molecular weight excluding hydrogens is 308 g/mol. The number of hydrogen-bond acceptors (Lipinski definition) is 4. The summed E-state index contributed by atoms with van der Waals surface area (Å²) < 4.78 is 0. The molecule has 0 aliphatic carbocycles. The van der Waals surface area contributed by atoms with Gasteiger partial charge in [-0.1, -0.05) is 29.3 Å². The maximum Gasteiger partial charge on any atom is 0.164 e. The number of halogens is 1. The molecule has 2 heterocycles. The lowest BCUT2D eigenvalue weighted by Crippen LogP contribution is -2.01. The first-order valence-corrected chi connectivity index (χ1v) is 7.70. The molecule has 0 saturated carbocycles. The van der Waals surface area contributed by atoms with Crippen molar-refractivity contribution in [2.45, 2.75) is 20.8 Å². The first-order valence-electron chi connectivity index (χ1n) is 7.33. The number of nitrogens with one attached hydrogen (secondary N) is 1. The summed E-state index contributed by atoms with van der Waals surface area (Å²) in [5.41, 5.74) is 5.44. The van der Waals surface area contributed by atoms with Crippen LogP contribution in [-0.4, -0.2) is 15.0 Å². The Morgan fingerprint density at radius 1 is 1.00 bits per heavy atom. The largest absolute Gasteiger partial charge is 0.340 e. The Hall–Kier alpha value is -2.46. The summed E-state index contributed by atoms with van der Waals surface area (Å²) in [5.74, 6) is 1.22. The summed E-state index contributed by atoms with van der Waals surface area (Å²) in [5, 5.41) is 3.76. The molecular formula is C18H17ClN4. The van der Waals surface area contributed by atoms with Crippen molar-refractivity contribution in [3.05, 3.63) is 64.6 Å². The molecule has 3 rings (SSSR count). The van der Waals surface area contributed by atoms with Crippen LogP contribution in [0, 0.1) is 20.8 Å². The molecule has 1 N–H and O–H groups in total. The van der Waals surface area contributed by atoms with E-state index in [1.54, 1.807) is 18.5 Å². The van der Waals surface area contributed by atoms with Crippen LogP contribution in [0.15, 0.2) is 42.7 Å². The van der Waals surface area contributed by atoms with Gasteiger partial charge in [0.1, 0.15) is 11.0 Å². The number of benzene rings is 1. The molecule has 1 aromatic carbocycles. The maximum atomic E-state index is 6.16. The second-order valence-electron chi connectivity index (χ2n) is 5.54. The smallest absolute Gasteiger partial charge is 0.164 e. The van der Waals surface area contributed by atoms with Gasteiger partial charge in [0.25, 0.3) is 0 Å². The fraction of sp³-hybridized carbons (Fsp3) is 0.167. The maximum absolute atomic E-state index is 6.16. The van der Waals surface area contributed by atoms with E-state index in [2.05, 4.69) is 53.2 Å². The van der Waals surface area contributed by atoms with Gasteiger partial charge in [-0.25, -0.2) is 9.97 Å². The summed E-state index contributed by atoms with van der Waals surface area (Å²) >= 11 is 6.16. The van der Waals surface area contributed by atoms with Gasteiger partial charge in [0.2, 0.25) is 0 Å². The Bertz CT molecular complexity index is 824. The van der Waals surface area contributed by atoms with Gasteiger partial charge < -0.3 is 5.32 Å². The third kappa shape index (κ3) is 3.48. The zero-order chi connectivity index (χ0) is 16.4. The molecule has 23 heavy (non-hydrogen) atoms. The minimum Gasteiger partial charge on any atom is -0.340 e. The average molecular weight is 325 g/mol. The Labute approximate surface area is 140 Å². The minimum absolute atomic E-state index is 0.392. The topological polar surface area (TPSA) is 50.7 Å². The highest BCUT2D eigenvalue weighted by molar-refractivity contribution is 6.29. The van der Waals surface area contributed by atoms with Crippen LogP contribution in [0.25, 0.3) is 11.4 Å². The van der Waals surface area contributed by atoms with Crippen LogP contribution in [0.4, 0.5) is 11.5 Å². The predicted molar refractivity (Wildman–Crippen MR) is 94.2 cm³/mol. The molecule has 0 fully saturated rings. The number of hydrogen-bond donors (Lipinski definition) is 1. The number of anilines is 2. The molecule has 3 aromatic rings. The predicted octanol–water partition coefficient (Wildman–Crippen LogP) is 4.86. The van der Waals surface area contributed by atoms with Gasteiger partial charge in [-0.3, -0.25) is 4.98 Å². The fourth-order valence-corrected chi connectivity index (χ4v) is 2.79. The molecule has 2 aromatic heterocycles. The van der Waals surface area contributed by atoms with Gasteiger partial charge in [-0.2, -0.15) is 0 Å². The molecule has 0 spiro atoms. The Morgan fingerprint density at radius 3 is 2.39 bits per heavy atom. The summed E-state index contributed by atoms with van der Waals surface area (Å²) in [6, 6.07) is 9.76. The standard InChI is InChI=1S/C18H17ClN4/c1-11-7-12(2)17(13(3)8-11)22-16-9-15(19)21-18(23-16)14-5-4-6-20-10-14/h4-10H,1-3H3,(H,21,22,23). The van der Waals surface area contributed by atoms with E-state index in [4.69, 9.17) is 11.6 Å². The highest BCUT2D eigenvalue weighted by Crippen LogP contribution is 2.27. The lowest BCUT2D eigenvalue weighted by molar-refractivity contribution is 1.16. The van der Waals surface area contributed by atoms with Crippen molar-refractivity contribution in [3.63, 3.8) is 0 Å². The molecule has 0 amide bonds. The van der Waals surface area contributed by atoms with Crippen LogP contribution in [0.1, 0.15) is 16.7 Å². The van der Waals surface area contributed by atoms with Gasteiger partial charge in [0, 0.05) is 29.7 Å². The average Bonchev–Trinajstić information content (AvgIpc) is 2.51. The Balaban J connectivity index is 2.00. The van der Waals surface area contributed by atoms with Crippen LogP contribution in [0.2, 0.25) is 5.15 Å². The van der Waals surface area contributed by atoms with E-state index in [-0.39, 0.29) is 0 Å². The SMILES string of the molecule is Cc1cc(C)c(Nc2cc(Cl)nc(-c3cccnc3)n2)c(C)c1.